The number of ether oxygens (including phenoxy) is 1. The van der Waals surface area contributed by atoms with Crippen LogP contribution < -0.4 is 15.8 Å². The molecule has 6 heteroatoms. The van der Waals surface area contributed by atoms with Crippen LogP contribution in [0, 0.1) is 0 Å². The SMILES string of the molecule is COc1ccc2c(Nc3ccc(C(N)=O)cc3)ncnc2c1. The first-order chi connectivity index (χ1) is 10.7. The Balaban J connectivity index is 1.94. The number of primary amides is 1. The van der Waals surface area contributed by atoms with Crippen molar-refractivity contribution in [3.63, 3.8) is 0 Å². The van der Waals surface area contributed by atoms with E-state index < -0.39 is 5.91 Å². The molecular formula is C16H14N4O2. The quantitative estimate of drug-likeness (QED) is 0.771. The molecule has 0 spiro atoms. The first-order valence-corrected chi connectivity index (χ1v) is 6.63. The van der Waals surface area contributed by atoms with Crippen LogP contribution in [-0.2, 0) is 0 Å². The average Bonchev–Trinajstić information content (AvgIpc) is 2.55. The van der Waals surface area contributed by atoms with E-state index in [1.807, 2.05) is 18.2 Å². The van der Waals surface area contributed by atoms with Gasteiger partial charge in [-0.15, -0.1) is 0 Å². The highest BCUT2D eigenvalue weighted by atomic mass is 16.5. The normalized spacial score (nSPS) is 10.4. The number of nitrogens with two attached hydrogens (primary N) is 1. The number of methoxy groups -OCH3 is 1. The van der Waals surface area contributed by atoms with Crippen LogP contribution in [0.3, 0.4) is 0 Å². The summed E-state index contributed by atoms with van der Waals surface area (Å²) >= 11 is 0. The van der Waals surface area contributed by atoms with Gasteiger partial charge in [0.2, 0.25) is 5.91 Å². The fraction of sp³-hybridized carbons (Fsp3) is 0.0625. The minimum atomic E-state index is -0.453. The van der Waals surface area contributed by atoms with Gasteiger partial charge in [0.25, 0.3) is 0 Å². The molecule has 0 atom stereocenters. The molecular weight excluding hydrogens is 280 g/mol. The molecule has 6 nitrogen and oxygen atoms in total. The van der Waals surface area contributed by atoms with Crippen molar-refractivity contribution in [3.05, 3.63) is 54.4 Å². The van der Waals surface area contributed by atoms with Crippen molar-refractivity contribution < 1.29 is 9.53 Å². The second kappa shape index (κ2) is 5.69. The maximum absolute atomic E-state index is 11.1. The second-order valence-electron chi connectivity index (χ2n) is 4.67. The topological polar surface area (TPSA) is 90.1 Å². The van der Waals surface area contributed by atoms with E-state index in [-0.39, 0.29) is 0 Å². The number of amides is 1. The minimum absolute atomic E-state index is 0.453. The van der Waals surface area contributed by atoms with Gasteiger partial charge in [-0.2, -0.15) is 0 Å². The molecule has 0 unspecified atom stereocenters. The Bertz CT molecular complexity index is 831. The molecule has 0 aliphatic heterocycles. The van der Waals surface area contributed by atoms with Crippen LogP contribution >= 0.6 is 0 Å². The maximum Gasteiger partial charge on any atom is 0.248 e. The molecule has 0 aliphatic carbocycles. The van der Waals surface area contributed by atoms with Gasteiger partial charge in [0, 0.05) is 22.7 Å². The van der Waals surface area contributed by atoms with Crippen LogP contribution in [0.15, 0.2) is 48.8 Å². The molecule has 3 aromatic rings. The predicted octanol–water partition coefficient (Wildman–Crippen LogP) is 2.48. The number of fused-ring (bicyclic) bond motifs is 1. The number of rotatable bonds is 4. The van der Waals surface area contributed by atoms with Crippen molar-refractivity contribution in [1.29, 1.82) is 0 Å². The molecule has 1 amide bonds. The third-order valence-corrected chi connectivity index (χ3v) is 3.28. The number of carbonyl (C=O) groups excluding carboxylic acids is 1. The van der Waals surface area contributed by atoms with Gasteiger partial charge in [-0.3, -0.25) is 4.79 Å². The summed E-state index contributed by atoms with van der Waals surface area (Å²) in [5.74, 6) is 0.966. The average molecular weight is 294 g/mol. The van der Waals surface area contributed by atoms with Crippen LogP contribution in [0.4, 0.5) is 11.5 Å². The van der Waals surface area contributed by atoms with Gasteiger partial charge < -0.3 is 15.8 Å². The lowest BCUT2D eigenvalue weighted by molar-refractivity contribution is 0.100. The molecule has 0 radical (unpaired) electrons. The van der Waals surface area contributed by atoms with Gasteiger partial charge >= 0.3 is 0 Å². The van der Waals surface area contributed by atoms with Crippen LogP contribution in [0.2, 0.25) is 0 Å². The van der Waals surface area contributed by atoms with Crippen LogP contribution in [0.5, 0.6) is 5.75 Å². The molecule has 3 rings (SSSR count). The van der Waals surface area contributed by atoms with Gasteiger partial charge in [0.05, 0.1) is 12.6 Å². The molecule has 3 N–H and O–H groups in total. The number of nitrogens with zero attached hydrogens (tertiary/aromatic N) is 2. The zero-order valence-electron chi connectivity index (χ0n) is 11.9. The number of benzene rings is 2. The Hall–Kier alpha value is -3.15. The summed E-state index contributed by atoms with van der Waals surface area (Å²) in [6, 6.07) is 12.5. The Morgan fingerprint density at radius 2 is 1.91 bits per heavy atom. The molecule has 0 aliphatic rings. The lowest BCUT2D eigenvalue weighted by Crippen LogP contribution is -2.10. The summed E-state index contributed by atoms with van der Waals surface area (Å²) in [4.78, 5) is 19.6. The first kappa shape index (κ1) is 13.8. The summed E-state index contributed by atoms with van der Waals surface area (Å²) in [5, 5.41) is 4.08. The molecule has 2 aromatic carbocycles. The second-order valence-corrected chi connectivity index (χ2v) is 4.67. The van der Waals surface area contributed by atoms with Gasteiger partial charge in [-0.1, -0.05) is 0 Å². The predicted molar refractivity (Wildman–Crippen MR) is 84.3 cm³/mol. The zero-order valence-corrected chi connectivity index (χ0v) is 11.9. The smallest absolute Gasteiger partial charge is 0.248 e. The molecule has 0 saturated carbocycles. The van der Waals surface area contributed by atoms with Crippen molar-refractivity contribution in [2.24, 2.45) is 5.73 Å². The van der Waals surface area contributed by atoms with Crippen molar-refractivity contribution in [3.8, 4) is 5.75 Å². The third-order valence-electron chi connectivity index (χ3n) is 3.28. The van der Waals surface area contributed by atoms with Gasteiger partial charge in [0.1, 0.15) is 17.9 Å². The van der Waals surface area contributed by atoms with E-state index in [1.54, 1.807) is 31.4 Å². The number of aromatic nitrogens is 2. The van der Waals surface area contributed by atoms with Gasteiger partial charge in [0.15, 0.2) is 0 Å². The van der Waals surface area contributed by atoms with E-state index in [0.717, 1.165) is 22.3 Å². The van der Waals surface area contributed by atoms with Gasteiger partial charge in [-0.25, -0.2) is 9.97 Å². The first-order valence-electron chi connectivity index (χ1n) is 6.63. The highest BCUT2D eigenvalue weighted by Crippen LogP contribution is 2.26. The van der Waals surface area contributed by atoms with E-state index in [0.29, 0.717) is 11.4 Å². The highest BCUT2D eigenvalue weighted by Gasteiger charge is 2.06. The maximum atomic E-state index is 11.1. The number of hydrogen-bond acceptors (Lipinski definition) is 5. The molecule has 1 aromatic heterocycles. The van der Waals surface area contributed by atoms with Crippen LogP contribution in [0.1, 0.15) is 10.4 Å². The summed E-state index contributed by atoms with van der Waals surface area (Å²) in [5.41, 5.74) is 7.28. The number of hydrogen-bond donors (Lipinski definition) is 2. The molecule has 0 saturated heterocycles. The van der Waals surface area contributed by atoms with Crippen LogP contribution in [-0.4, -0.2) is 23.0 Å². The fourth-order valence-corrected chi connectivity index (χ4v) is 2.12. The Morgan fingerprint density at radius 3 is 2.59 bits per heavy atom. The Kier molecular flexibility index (Phi) is 3.57. The third kappa shape index (κ3) is 2.67. The van der Waals surface area contributed by atoms with Crippen molar-refractivity contribution in [1.82, 2.24) is 9.97 Å². The van der Waals surface area contributed by atoms with Crippen molar-refractivity contribution >= 4 is 28.3 Å². The summed E-state index contributed by atoms with van der Waals surface area (Å²) < 4.78 is 5.19. The Labute approximate surface area is 127 Å². The van der Waals surface area contributed by atoms with Crippen LogP contribution in [0.25, 0.3) is 10.9 Å². The van der Waals surface area contributed by atoms with Crippen molar-refractivity contribution in [2.45, 2.75) is 0 Å². The summed E-state index contributed by atoms with van der Waals surface area (Å²) in [7, 11) is 1.61. The van der Waals surface area contributed by atoms with Gasteiger partial charge in [-0.05, 0) is 36.4 Å². The van der Waals surface area contributed by atoms with E-state index >= 15 is 0 Å². The molecule has 0 fully saturated rings. The molecule has 22 heavy (non-hydrogen) atoms. The standard InChI is InChI=1S/C16H14N4O2/c1-22-12-6-7-13-14(8-12)18-9-19-16(13)20-11-4-2-10(3-5-11)15(17)21/h2-9H,1H3,(H2,17,21)(H,18,19,20). The number of anilines is 2. The molecule has 1 heterocycles. The molecule has 0 bridgehead atoms. The number of nitrogens with one attached hydrogen (secondary N) is 1. The fourth-order valence-electron chi connectivity index (χ4n) is 2.12. The summed E-state index contributed by atoms with van der Waals surface area (Å²) in [6.45, 7) is 0. The molecule has 110 valence electrons. The Morgan fingerprint density at radius 1 is 1.14 bits per heavy atom. The largest absolute Gasteiger partial charge is 0.497 e. The van der Waals surface area contributed by atoms with E-state index in [4.69, 9.17) is 10.5 Å². The van der Waals surface area contributed by atoms with Crippen molar-refractivity contribution in [2.75, 3.05) is 12.4 Å². The lowest BCUT2D eigenvalue weighted by atomic mass is 10.2. The van der Waals surface area contributed by atoms with E-state index in [2.05, 4.69) is 15.3 Å². The summed E-state index contributed by atoms with van der Waals surface area (Å²) in [6.07, 6.45) is 1.49. The van der Waals surface area contributed by atoms with E-state index in [1.165, 1.54) is 6.33 Å². The highest BCUT2D eigenvalue weighted by molar-refractivity contribution is 5.94. The lowest BCUT2D eigenvalue weighted by Gasteiger charge is -2.09. The minimum Gasteiger partial charge on any atom is -0.497 e. The number of carbonyl (C=O) groups is 1. The monoisotopic (exact) mass is 294 g/mol. The van der Waals surface area contributed by atoms with E-state index in [9.17, 15) is 4.79 Å². The zero-order chi connectivity index (χ0) is 15.5.